The zero-order chi connectivity index (χ0) is 22.8. The number of aromatic nitrogens is 1. The Morgan fingerprint density at radius 3 is 2.35 bits per heavy atom. The van der Waals surface area contributed by atoms with E-state index in [-0.39, 0.29) is 35.3 Å². The number of nitrogens with two attached hydrogens (primary N) is 1. The molecule has 2 aromatic rings. The highest BCUT2D eigenvalue weighted by molar-refractivity contribution is 7.89. The van der Waals surface area contributed by atoms with Crippen molar-refractivity contribution < 1.29 is 21.6 Å². The molecule has 0 aliphatic carbocycles. The topological polar surface area (TPSA) is 143 Å². The maximum absolute atomic E-state index is 12.7. The minimum absolute atomic E-state index is 0.0544. The van der Waals surface area contributed by atoms with Crippen LogP contribution in [-0.2, 0) is 24.8 Å². The zero-order valence-corrected chi connectivity index (χ0v) is 18.9. The third kappa shape index (κ3) is 5.46. The Bertz CT molecular complexity index is 1180. The van der Waals surface area contributed by atoms with Gasteiger partial charge >= 0.3 is 0 Å². The number of carbonyl (C=O) groups is 1. The van der Waals surface area contributed by atoms with Gasteiger partial charge in [0.2, 0.25) is 26.0 Å². The Balaban J connectivity index is 1.62. The van der Waals surface area contributed by atoms with Crippen LogP contribution in [0.5, 0.6) is 0 Å². The molecule has 1 aliphatic rings. The summed E-state index contributed by atoms with van der Waals surface area (Å²) in [5.41, 5.74) is 1.82. The highest BCUT2D eigenvalue weighted by Gasteiger charge is 2.29. The van der Waals surface area contributed by atoms with Gasteiger partial charge in [0.15, 0.2) is 0 Å². The molecule has 0 saturated carbocycles. The summed E-state index contributed by atoms with van der Waals surface area (Å²) in [5.74, 6) is -0.322. The highest BCUT2D eigenvalue weighted by Crippen LogP contribution is 2.23. The van der Waals surface area contributed by atoms with Gasteiger partial charge in [0.1, 0.15) is 4.90 Å². The predicted molar refractivity (Wildman–Crippen MR) is 115 cm³/mol. The Hall–Kier alpha value is -2.38. The quantitative estimate of drug-likeness (QED) is 0.622. The van der Waals surface area contributed by atoms with Gasteiger partial charge in [0.25, 0.3) is 0 Å². The van der Waals surface area contributed by atoms with Crippen molar-refractivity contribution in [1.29, 1.82) is 0 Å². The summed E-state index contributed by atoms with van der Waals surface area (Å²) < 4.78 is 50.0. The summed E-state index contributed by atoms with van der Waals surface area (Å²) in [6.07, 6.45) is 2.83. The number of benzene rings is 1. The number of aryl methyl sites for hydroxylation is 1. The maximum Gasteiger partial charge on any atom is 0.244 e. The van der Waals surface area contributed by atoms with Crippen molar-refractivity contribution in [3.05, 3.63) is 47.8 Å². The van der Waals surface area contributed by atoms with E-state index in [1.165, 1.54) is 34.9 Å². The van der Waals surface area contributed by atoms with Gasteiger partial charge in [0, 0.05) is 44.3 Å². The SMILES string of the molecule is Cc1cc(S(N)(=O)=O)cc(NC(=O)CN2CCN(S(=O)(=O)c3cccnc3)CC2)c1C. The Kier molecular flexibility index (Phi) is 6.76. The van der Waals surface area contributed by atoms with Gasteiger partial charge in [-0.15, -0.1) is 0 Å². The summed E-state index contributed by atoms with van der Waals surface area (Å²) in [7, 11) is -7.52. The monoisotopic (exact) mass is 467 g/mol. The van der Waals surface area contributed by atoms with E-state index in [2.05, 4.69) is 10.3 Å². The number of hydrogen-bond acceptors (Lipinski definition) is 7. The number of hydrogen-bond donors (Lipinski definition) is 2. The van der Waals surface area contributed by atoms with Crippen LogP contribution in [0.25, 0.3) is 0 Å². The normalized spacial score (nSPS) is 16.2. The molecule has 0 spiro atoms. The van der Waals surface area contributed by atoms with Gasteiger partial charge < -0.3 is 5.32 Å². The van der Waals surface area contributed by atoms with Crippen molar-refractivity contribution in [1.82, 2.24) is 14.2 Å². The first-order valence-electron chi connectivity index (χ1n) is 9.55. The molecule has 1 saturated heterocycles. The van der Waals surface area contributed by atoms with Crippen LogP contribution in [0.2, 0.25) is 0 Å². The molecule has 31 heavy (non-hydrogen) atoms. The van der Waals surface area contributed by atoms with E-state index >= 15 is 0 Å². The van der Waals surface area contributed by atoms with E-state index in [1.54, 1.807) is 19.9 Å². The van der Waals surface area contributed by atoms with Gasteiger partial charge in [-0.3, -0.25) is 14.7 Å². The molecule has 3 rings (SSSR count). The van der Waals surface area contributed by atoms with Crippen LogP contribution in [0.4, 0.5) is 5.69 Å². The number of rotatable bonds is 6. The van der Waals surface area contributed by atoms with Gasteiger partial charge in [-0.25, -0.2) is 22.0 Å². The van der Waals surface area contributed by atoms with E-state index in [9.17, 15) is 21.6 Å². The predicted octanol–water partition coefficient (Wildman–Crippen LogP) is 0.291. The van der Waals surface area contributed by atoms with E-state index in [0.717, 1.165) is 5.56 Å². The standard InChI is InChI=1S/C19H25N5O5S2/c1-14-10-17(30(20,26)27)11-18(15(14)2)22-19(25)13-23-6-8-24(9-7-23)31(28,29)16-4-3-5-21-12-16/h3-5,10-12H,6-9,13H2,1-2H3,(H,22,25)(H2,20,26,27). The molecule has 0 unspecified atom stereocenters. The highest BCUT2D eigenvalue weighted by atomic mass is 32.2. The van der Waals surface area contributed by atoms with E-state index in [1.807, 2.05) is 4.90 Å². The molecular weight excluding hydrogens is 442 g/mol. The molecule has 0 atom stereocenters. The number of sulfonamides is 2. The van der Waals surface area contributed by atoms with Gasteiger partial charge in [0.05, 0.1) is 11.4 Å². The molecule has 168 valence electrons. The lowest BCUT2D eigenvalue weighted by Crippen LogP contribution is -2.50. The smallest absolute Gasteiger partial charge is 0.244 e. The largest absolute Gasteiger partial charge is 0.325 e. The van der Waals surface area contributed by atoms with E-state index in [4.69, 9.17) is 5.14 Å². The van der Waals surface area contributed by atoms with Crippen LogP contribution < -0.4 is 10.5 Å². The average molecular weight is 468 g/mol. The number of nitrogens with one attached hydrogen (secondary N) is 1. The molecule has 1 aromatic carbocycles. The molecule has 10 nitrogen and oxygen atoms in total. The number of primary sulfonamides is 1. The average Bonchev–Trinajstić information content (AvgIpc) is 2.71. The summed E-state index contributed by atoms with van der Waals surface area (Å²) in [4.78, 5) is 18.3. The minimum Gasteiger partial charge on any atom is -0.325 e. The first-order chi connectivity index (χ1) is 14.5. The fraction of sp³-hybridized carbons (Fsp3) is 0.368. The zero-order valence-electron chi connectivity index (χ0n) is 17.3. The summed E-state index contributed by atoms with van der Waals surface area (Å²) in [6, 6.07) is 5.88. The van der Waals surface area contributed by atoms with Crippen molar-refractivity contribution in [3.8, 4) is 0 Å². The second-order valence-electron chi connectivity index (χ2n) is 7.37. The van der Waals surface area contributed by atoms with Crippen LogP contribution in [0.15, 0.2) is 46.5 Å². The van der Waals surface area contributed by atoms with Crippen molar-refractivity contribution in [3.63, 3.8) is 0 Å². The van der Waals surface area contributed by atoms with Crippen molar-refractivity contribution >= 4 is 31.6 Å². The fourth-order valence-electron chi connectivity index (χ4n) is 3.29. The van der Waals surface area contributed by atoms with E-state index in [0.29, 0.717) is 24.3 Å². The van der Waals surface area contributed by atoms with Crippen LogP contribution >= 0.6 is 0 Å². The Morgan fingerprint density at radius 1 is 1.10 bits per heavy atom. The van der Waals surface area contributed by atoms with Crippen molar-refractivity contribution in [2.24, 2.45) is 5.14 Å². The Morgan fingerprint density at radius 2 is 1.77 bits per heavy atom. The molecule has 1 aliphatic heterocycles. The second kappa shape index (κ2) is 9.01. The maximum atomic E-state index is 12.7. The number of amides is 1. The third-order valence-electron chi connectivity index (χ3n) is 5.21. The van der Waals surface area contributed by atoms with Crippen molar-refractivity contribution in [2.75, 3.05) is 38.0 Å². The molecule has 0 bridgehead atoms. The van der Waals surface area contributed by atoms with Gasteiger partial charge in [-0.2, -0.15) is 4.31 Å². The van der Waals surface area contributed by atoms with Gasteiger partial charge in [-0.1, -0.05) is 0 Å². The number of piperazine rings is 1. The third-order valence-corrected chi connectivity index (χ3v) is 7.99. The lowest BCUT2D eigenvalue weighted by molar-refractivity contribution is -0.117. The molecule has 1 aromatic heterocycles. The summed E-state index contributed by atoms with van der Waals surface area (Å²) >= 11 is 0. The van der Waals surface area contributed by atoms with E-state index < -0.39 is 20.0 Å². The fourth-order valence-corrected chi connectivity index (χ4v) is 5.30. The van der Waals surface area contributed by atoms with Crippen LogP contribution in [0.1, 0.15) is 11.1 Å². The number of pyridine rings is 1. The lowest BCUT2D eigenvalue weighted by Gasteiger charge is -2.33. The molecule has 1 fully saturated rings. The van der Waals surface area contributed by atoms with Gasteiger partial charge in [-0.05, 0) is 49.2 Å². The minimum atomic E-state index is -3.90. The summed E-state index contributed by atoms with van der Waals surface area (Å²) in [5, 5.41) is 7.95. The van der Waals surface area contributed by atoms with Crippen LogP contribution in [0.3, 0.4) is 0 Å². The van der Waals surface area contributed by atoms with Crippen LogP contribution in [0, 0.1) is 13.8 Å². The molecule has 3 N–H and O–H groups in total. The number of carbonyl (C=O) groups excluding carboxylic acids is 1. The molecule has 2 heterocycles. The number of anilines is 1. The summed E-state index contributed by atoms with van der Waals surface area (Å²) in [6.45, 7) is 4.86. The lowest BCUT2D eigenvalue weighted by atomic mass is 10.1. The Labute approximate surface area is 182 Å². The first kappa shape index (κ1) is 23.3. The first-order valence-corrected chi connectivity index (χ1v) is 12.5. The molecule has 12 heteroatoms. The molecule has 1 amide bonds. The van der Waals surface area contributed by atoms with Crippen LogP contribution in [-0.4, -0.2) is 69.7 Å². The second-order valence-corrected chi connectivity index (χ2v) is 10.9. The molecule has 0 radical (unpaired) electrons. The number of nitrogens with zero attached hydrogens (tertiary/aromatic N) is 3. The molecular formula is C19H25N5O5S2. The van der Waals surface area contributed by atoms with Crippen molar-refractivity contribution in [2.45, 2.75) is 23.6 Å².